The summed E-state index contributed by atoms with van der Waals surface area (Å²) in [6, 6.07) is 10.8. The maximum Gasteiger partial charge on any atom is 0.338 e. The Morgan fingerprint density at radius 1 is 1.00 bits per heavy atom. The van der Waals surface area contributed by atoms with Crippen LogP contribution in [0.25, 0.3) is 0 Å². The van der Waals surface area contributed by atoms with Crippen molar-refractivity contribution in [1.29, 1.82) is 0 Å². The van der Waals surface area contributed by atoms with Gasteiger partial charge >= 0.3 is 5.97 Å². The molecule has 0 spiro atoms. The Morgan fingerprint density at radius 3 is 2.36 bits per heavy atom. The summed E-state index contributed by atoms with van der Waals surface area (Å²) in [7, 11) is 0. The Morgan fingerprint density at radius 2 is 1.70 bits per heavy atom. The zero-order valence-electron chi connectivity index (χ0n) is 17.4. The molecule has 5 rings (SSSR count). The Kier molecular flexibility index (Phi) is 5.62. The van der Waals surface area contributed by atoms with Crippen LogP contribution in [0.15, 0.2) is 42.5 Å². The van der Waals surface area contributed by atoms with Gasteiger partial charge in [0.15, 0.2) is 6.61 Å². The molecule has 2 bridgehead atoms. The molecule has 1 heterocycles. The van der Waals surface area contributed by atoms with Gasteiger partial charge in [-0.2, -0.15) is 0 Å². The van der Waals surface area contributed by atoms with Crippen molar-refractivity contribution < 1.29 is 23.9 Å². The van der Waals surface area contributed by atoms with E-state index in [1.165, 1.54) is 23.1 Å². The van der Waals surface area contributed by atoms with Crippen LogP contribution < -0.4 is 10.2 Å². The lowest BCUT2D eigenvalue weighted by atomic mass is 9.81. The van der Waals surface area contributed by atoms with E-state index in [0.29, 0.717) is 16.4 Å². The number of fused-ring (bicyclic) bond motifs is 5. The van der Waals surface area contributed by atoms with Gasteiger partial charge in [-0.1, -0.05) is 29.3 Å². The molecule has 0 unspecified atom stereocenters. The van der Waals surface area contributed by atoms with E-state index < -0.39 is 18.5 Å². The summed E-state index contributed by atoms with van der Waals surface area (Å²) in [5, 5.41) is 3.23. The molecule has 2 saturated carbocycles. The van der Waals surface area contributed by atoms with Crippen LogP contribution in [-0.2, 0) is 19.1 Å². The molecule has 1 aliphatic heterocycles. The first kappa shape index (κ1) is 21.9. The second-order valence-corrected chi connectivity index (χ2v) is 9.54. The number of anilines is 2. The average molecular weight is 487 g/mol. The SMILES string of the molecule is O=C(COC(=O)c1cccc(N2C(=O)[C@H]3[C@H]4CC[C@@H](C4)[C@@H]3C2=O)c1)Nc1ccc(Cl)cc1Cl. The van der Waals surface area contributed by atoms with Crippen molar-refractivity contribution in [3.63, 3.8) is 0 Å². The van der Waals surface area contributed by atoms with Gasteiger partial charge in [-0.15, -0.1) is 0 Å². The maximum atomic E-state index is 13.0. The van der Waals surface area contributed by atoms with Gasteiger partial charge in [0.05, 0.1) is 33.8 Å². The Bertz CT molecular complexity index is 1160. The van der Waals surface area contributed by atoms with Gasteiger partial charge in [0, 0.05) is 5.02 Å². The van der Waals surface area contributed by atoms with Crippen LogP contribution in [0.4, 0.5) is 11.4 Å². The summed E-state index contributed by atoms with van der Waals surface area (Å²) in [6.45, 7) is -0.531. The predicted molar refractivity (Wildman–Crippen MR) is 122 cm³/mol. The van der Waals surface area contributed by atoms with Crippen molar-refractivity contribution >= 4 is 58.3 Å². The summed E-state index contributed by atoms with van der Waals surface area (Å²) < 4.78 is 5.11. The van der Waals surface area contributed by atoms with E-state index in [0.717, 1.165) is 19.3 Å². The van der Waals surface area contributed by atoms with E-state index >= 15 is 0 Å². The number of hydrogen-bond acceptors (Lipinski definition) is 5. The van der Waals surface area contributed by atoms with E-state index in [1.807, 2.05) is 0 Å². The van der Waals surface area contributed by atoms with Crippen LogP contribution in [0, 0.1) is 23.7 Å². The van der Waals surface area contributed by atoms with E-state index in [9.17, 15) is 19.2 Å². The quantitative estimate of drug-likeness (QED) is 0.501. The first-order chi connectivity index (χ1) is 15.8. The fourth-order valence-corrected chi connectivity index (χ4v) is 5.88. The van der Waals surface area contributed by atoms with Crippen LogP contribution >= 0.6 is 23.2 Å². The second kappa shape index (κ2) is 8.47. The smallest absolute Gasteiger partial charge is 0.338 e. The third-order valence-electron chi connectivity index (χ3n) is 6.81. The van der Waals surface area contributed by atoms with Gasteiger partial charge in [-0.05, 0) is 67.5 Å². The Labute approximate surface area is 200 Å². The molecule has 1 saturated heterocycles. The number of benzene rings is 2. The molecule has 0 radical (unpaired) electrons. The molecule has 2 aromatic carbocycles. The third kappa shape index (κ3) is 3.89. The minimum Gasteiger partial charge on any atom is -0.452 e. The number of nitrogens with zero attached hydrogens (tertiary/aromatic N) is 1. The highest BCUT2D eigenvalue weighted by molar-refractivity contribution is 6.36. The number of nitrogens with one attached hydrogen (secondary N) is 1. The molecule has 4 atom stereocenters. The largest absolute Gasteiger partial charge is 0.452 e. The molecular formula is C24H20Cl2N2O5. The molecule has 170 valence electrons. The molecule has 2 aromatic rings. The van der Waals surface area contributed by atoms with Gasteiger partial charge in [0.2, 0.25) is 11.8 Å². The number of ether oxygens (including phenoxy) is 1. The number of imide groups is 1. The van der Waals surface area contributed by atoms with Gasteiger partial charge in [-0.25, -0.2) is 4.79 Å². The summed E-state index contributed by atoms with van der Waals surface area (Å²) in [5.74, 6) is -1.59. The van der Waals surface area contributed by atoms with Crippen molar-refractivity contribution in [2.24, 2.45) is 23.7 Å². The van der Waals surface area contributed by atoms with Crippen molar-refractivity contribution in [3.05, 3.63) is 58.1 Å². The lowest BCUT2D eigenvalue weighted by Gasteiger charge is -2.19. The predicted octanol–water partition coefficient (Wildman–Crippen LogP) is 4.32. The van der Waals surface area contributed by atoms with Gasteiger partial charge in [0.25, 0.3) is 5.91 Å². The monoisotopic (exact) mass is 486 g/mol. The average Bonchev–Trinajstić information content (AvgIpc) is 3.48. The van der Waals surface area contributed by atoms with Crippen LogP contribution in [0.1, 0.15) is 29.6 Å². The zero-order valence-corrected chi connectivity index (χ0v) is 18.9. The van der Waals surface area contributed by atoms with E-state index in [2.05, 4.69) is 5.32 Å². The molecular weight excluding hydrogens is 467 g/mol. The highest BCUT2D eigenvalue weighted by Gasteiger charge is 2.61. The van der Waals surface area contributed by atoms with Crippen LogP contribution in [0.2, 0.25) is 10.0 Å². The topological polar surface area (TPSA) is 92.8 Å². The summed E-state index contributed by atoms with van der Waals surface area (Å²) in [5.41, 5.74) is 0.839. The second-order valence-electron chi connectivity index (χ2n) is 8.70. The molecule has 3 fully saturated rings. The number of rotatable bonds is 5. The van der Waals surface area contributed by atoms with Gasteiger partial charge in [0.1, 0.15) is 0 Å². The van der Waals surface area contributed by atoms with Crippen LogP contribution in [0.3, 0.4) is 0 Å². The van der Waals surface area contributed by atoms with Gasteiger partial charge < -0.3 is 10.1 Å². The molecule has 33 heavy (non-hydrogen) atoms. The van der Waals surface area contributed by atoms with E-state index in [-0.39, 0.29) is 46.1 Å². The number of hydrogen-bond donors (Lipinski definition) is 1. The molecule has 3 aliphatic rings. The van der Waals surface area contributed by atoms with Crippen molar-refractivity contribution in [1.82, 2.24) is 0 Å². The number of halogens is 2. The summed E-state index contributed by atoms with van der Waals surface area (Å²) in [4.78, 5) is 51.9. The van der Waals surface area contributed by atoms with Crippen LogP contribution in [0.5, 0.6) is 0 Å². The first-order valence-corrected chi connectivity index (χ1v) is 11.5. The highest BCUT2D eigenvalue weighted by atomic mass is 35.5. The summed E-state index contributed by atoms with van der Waals surface area (Å²) in [6.07, 6.45) is 2.94. The third-order valence-corrected chi connectivity index (χ3v) is 7.35. The lowest BCUT2D eigenvalue weighted by Crippen LogP contribution is -2.32. The Balaban J connectivity index is 1.25. The molecule has 7 nitrogen and oxygen atoms in total. The minimum absolute atomic E-state index is 0.144. The number of esters is 1. The number of carbonyl (C=O) groups is 4. The number of amides is 3. The normalized spacial score (nSPS) is 25.3. The molecule has 9 heteroatoms. The maximum absolute atomic E-state index is 13.0. The molecule has 0 aromatic heterocycles. The zero-order chi connectivity index (χ0) is 23.3. The van der Waals surface area contributed by atoms with E-state index in [4.69, 9.17) is 27.9 Å². The first-order valence-electron chi connectivity index (χ1n) is 10.7. The minimum atomic E-state index is -0.742. The Hall–Kier alpha value is -2.90. The number of carbonyl (C=O) groups excluding carboxylic acids is 4. The summed E-state index contributed by atoms with van der Waals surface area (Å²) >= 11 is 11.9. The van der Waals surface area contributed by atoms with Crippen molar-refractivity contribution in [2.45, 2.75) is 19.3 Å². The van der Waals surface area contributed by atoms with E-state index in [1.54, 1.807) is 24.3 Å². The fraction of sp³-hybridized carbons (Fsp3) is 0.333. The van der Waals surface area contributed by atoms with Crippen LogP contribution in [-0.4, -0.2) is 30.3 Å². The lowest BCUT2D eigenvalue weighted by molar-refractivity contribution is -0.123. The highest BCUT2D eigenvalue weighted by Crippen LogP contribution is 2.56. The van der Waals surface area contributed by atoms with Gasteiger partial charge in [-0.3, -0.25) is 19.3 Å². The van der Waals surface area contributed by atoms with Crippen molar-refractivity contribution in [3.8, 4) is 0 Å². The molecule has 1 N–H and O–H groups in total. The fourth-order valence-electron chi connectivity index (χ4n) is 5.43. The van der Waals surface area contributed by atoms with Crippen molar-refractivity contribution in [2.75, 3.05) is 16.8 Å². The molecule has 3 amide bonds. The molecule has 2 aliphatic carbocycles. The standard InChI is InChI=1S/C24H20Cl2N2O5/c25-15-6-7-18(17(26)10-15)27-19(29)11-33-24(32)14-2-1-3-16(9-14)28-22(30)20-12-4-5-13(8-12)21(20)23(28)31/h1-3,6-7,9-10,12-13,20-21H,4-5,8,11H2,(H,27,29)/t12-,13-,20-,21-/m0/s1.